The standard InChI is InChI=1S/C19H18NO2/c1-4-19(22)20(17-8-6-5-7-9-17)18(13-21)16-11-14(2)10-15(3)12-16/h4-12,18H,1H2,2-3H3. The van der Waals surface area contributed by atoms with Crippen molar-refractivity contribution in [3.63, 3.8) is 0 Å². The van der Waals surface area contributed by atoms with Gasteiger partial charge in [0.25, 0.3) is 5.91 Å². The molecular formula is C19H18NO2. The van der Waals surface area contributed by atoms with E-state index in [1.54, 1.807) is 12.1 Å². The van der Waals surface area contributed by atoms with E-state index in [2.05, 4.69) is 6.58 Å². The number of benzene rings is 2. The van der Waals surface area contributed by atoms with Crippen LogP contribution in [0.5, 0.6) is 0 Å². The second kappa shape index (κ2) is 6.85. The molecule has 3 heteroatoms. The predicted molar refractivity (Wildman–Crippen MR) is 88.5 cm³/mol. The summed E-state index contributed by atoms with van der Waals surface area (Å²) in [6, 6.07) is 14.1. The molecule has 0 bridgehead atoms. The molecular weight excluding hydrogens is 274 g/mol. The first-order chi connectivity index (χ1) is 10.6. The van der Waals surface area contributed by atoms with E-state index in [0.29, 0.717) is 5.69 Å². The van der Waals surface area contributed by atoms with E-state index in [9.17, 15) is 9.59 Å². The molecule has 22 heavy (non-hydrogen) atoms. The Labute approximate surface area is 130 Å². The van der Waals surface area contributed by atoms with Crippen molar-refractivity contribution in [1.82, 2.24) is 0 Å². The quantitative estimate of drug-likeness (QED) is 0.788. The Hall–Kier alpha value is -2.68. The molecule has 0 N–H and O–H groups in total. The normalized spacial score (nSPS) is 11.5. The van der Waals surface area contributed by atoms with Crippen LogP contribution in [0.3, 0.4) is 0 Å². The molecule has 0 aromatic heterocycles. The van der Waals surface area contributed by atoms with Gasteiger partial charge in [-0.2, -0.15) is 0 Å². The molecule has 0 heterocycles. The third-order valence-electron chi connectivity index (χ3n) is 3.38. The van der Waals surface area contributed by atoms with Gasteiger partial charge in [-0.05, 0) is 37.6 Å². The van der Waals surface area contributed by atoms with Crippen molar-refractivity contribution in [3.05, 3.63) is 77.9 Å². The molecule has 0 saturated carbocycles. The number of anilines is 1. The number of aryl methyl sites for hydroxylation is 2. The van der Waals surface area contributed by atoms with Gasteiger partial charge in [0.15, 0.2) is 0 Å². The number of rotatable bonds is 5. The summed E-state index contributed by atoms with van der Waals surface area (Å²) in [7, 11) is 0. The lowest BCUT2D eigenvalue weighted by Crippen LogP contribution is -2.34. The van der Waals surface area contributed by atoms with Crippen molar-refractivity contribution in [2.45, 2.75) is 19.9 Å². The average Bonchev–Trinajstić information content (AvgIpc) is 2.51. The molecule has 1 unspecified atom stereocenters. The second-order valence-corrected chi connectivity index (χ2v) is 5.19. The number of amides is 1. The van der Waals surface area contributed by atoms with Crippen LogP contribution in [0.1, 0.15) is 22.7 Å². The van der Waals surface area contributed by atoms with Crippen LogP contribution in [0.4, 0.5) is 5.69 Å². The molecule has 111 valence electrons. The van der Waals surface area contributed by atoms with Crippen molar-refractivity contribution in [3.8, 4) is 0 Å². The van der Waals surface area contributed by atoms with E-state index >= 15 is 0 Å². The fraction of sp³-hybridized carbons (Fsp3) is 0.158. The van der Waals surface area contributed by atoms with Crippen molar-refractivity contribution in [2.75, 3.05) is 4.90 Å². The average molecular weight is 292 g/mol. The van der Waals surface area contributed by atoms with E-state index in [4.69, 9.17) is 0 Å². The van der Waals surface area contributed by atoms with Gasteiger partial charge in [0.1, 0.15) is 6.04 Å². The Morgan fingerprint density at radius 3 is 2.23 bits per heavy atom. The van der Waals surface area contributed by atoms with Gasteiger partial charge in [0.05, 0.1) is 0 Å². The van der Waals surface area contributed by atoms with Crippen molar-refractivity contribution in [2.24, 2.45) is 0 Å². The molecule has 0 aliphatic heterocycles. The Morgan fingerprint density at radius 2 is 1.73 bits per heavy atom. The zero-order valence-electron chi connectivity index (χ0n) is 12.7. The summed E-state index contributed by atoms with van der Waals surface area (Å²) in [5.41, 5.74) is 3.45. The maximum Gasteiger partial charge on any atom is 0.251 e. The minimum absolute atomic E-state index is 0.335. The van der Waals surface area contributed by atoms with Crippen LogP contribution >= 0.6 is 0 Å². The molecule has 0 aliphatic carbocycles. The number of hydrogen-bond donors (Lipinski definition) is 0. The van der Waals surface area contributed by atoms with Gasteiger partial charge < -0.3 is 0 Å². The molecule has 0 saturated heterocycles. The maximum atomic E-state index is 12.3. The topological polar surface area (TPSA) is 37.4 Å². The number of carbonyl (C=O) groups excluding carboxylic acids is 2. The second-order valence-electron chi connectivity index (χ2n) is 5.19. The first kappa shape index (κ1) is 15.7. The molecule has 1 radical (unpaired) electrons. The smallest absolute Gasteiger partial charge is 0.251 e. The van der Waals surface area contributed by atoms with Crippen LogP contribution in [-0.4, -0.2) is 12.2 Å². The van der Waals surface area contributed by atoms with Crippen LogP contribution < -0.4 is 4.90 Å². The molecule has 0 aliphatic rings. The number of hydrogen-bond acceptors (Lipinski definition) is 2. The Balaban J connectivity index is 2.54. The SMILES string of the molecule is C=CC(=O)N(c1ccccc1)C([C]=O)c1cc(C)cc(C)c1. The van der Waals surface area contributed by atoms with Crippen LogP contribution in [0.25, 0.3) is 0 Å². The van der Waals surface area contributed by atoms with Gasteiger partial charge in [0, 0.05) is 5.69 Å². The molecule has 2 aromatic rings. The molecule has 2 rings (SSSR count). The minimum Gasteiger partial charge on any atom is -0.294 e. The largest absolute Gasteiger partial charge is 0.294 e. The highest BCUT2D eigenvalue weighted by molar-refractivity contribution is 6.04. The first-order valence-corrected chi connectivity index (χ1v) is 7.03. The Kier molecular flexibility index (Phi) is 4.89. The Morgan fingerprint density at radius 1 is 1.14 bits per heavy atom. The van der Waals surface area contributed by atoms with Crippen LogP contribution in [0.15, 0.2) is 61.2 Å². The van der Waals surface area contributed by atoms with Gasteiger partial charge in [-0.3, -0.25) is 14.5 Å². The van der Waals surface area contributed by atoms with Crippen molar-refractivity contribution >= 4 is 17.9 Å². The fourth-order valence-electron chi connectivity index (χ4n) is 2.53. The van der Waals surface area contributed by atoms with Crippen LogP contribution in [0.2, 0.25) is 0 Å². The summed E-state index contributed by atoms with van der Waals surface area (Å²) >= 11 is 0. The summed E-state index contributed by atoms with van der Waals surface area (Å²) in [5.74, 6) is -0.335. The van der Waals surface area contributed by atoms with Crippen LogP contribution in [0, 0.1) is 13.8 Å². The highest BCUT2D eigenvalue weighted by Crippen LogP contribution is 2.27. The summed E-state index contributed by atoms with van der Waals surface area (Å²) < 4.78 is 0. The summed E-state index contributed by atoms with van der Waals surface area (Å²) in [6.07, 6.45) is 3.20. The molecule has 2 aromatic carbocycles. The highest BCUT2D eigenvalue weighted by Gasteiger charge is 2.26. The Bertz CT molecular complexity index is 672. The number of para-hydroxylation sites is 1. The summed E-state index contributed by atoms with van der Waals surface area (Å²) in [4.78, 5) is 25.3. The number of carbonyl (C=O) groups is 1. The van der Waals surface area contributed by atoms with E-state index in [1.807, 2.05) is 56.5 Å². The van der Waals surface area contributed by atoms with Gasteiger partial charge in [-0.1, -0.05) is 54.1 Å². The summed E-state index contributed by atoms with van der Waals surface area (Å²) in [5, 5.41) is 0. The lowest BCUT2D eigenvalue weighted by atomic mass is 10.00. The predicted octanol–water partition coefficient (Wildman–Crippen LogP) is 3.67. The zero-order valence-corrected chi connectivity index (χ0v) is 12.7. The lowest BCUT2D eigenvalue weighted by molar-refractivity contribution is -0.114. The summed E-state index contributed by atoms with van der Waals surface area (Å²) in [6.45, 7) is 7.45. The van der Waals surface area contributed by atoms with Crippen molar-refractivity contribution in [1.29, 1.82) is 0 Å². The molecule has 3 nitrogen and oxygen atoms in total. The third kappa shape index (κ3) is 3.31. The van der Waals surface area contributed by atoms with E-state index in [0.717, 1.165) is 16.7 Å². The molecule has 1 atom stereocenters. The zero-order chi connectivity index (χ0) is 16.1. The van der Waals surface area contributed by atoms with E-state index in [-0.39, 0.29) is 5.91 Å². The number of nitrogens with zero attached hydrogens (tertiary/aromatic N) is 1. The first-order valence-electron chi connectivity index (χ1n) is 7.03. The molecule has 0 fully saturated rings. The van der Waals surface area contributed by atoms with Gasteiger partial charge in [-0.25, -0.2) is 0 Å². The fourth-order valence-corrected chi connectivity index (χ4v) is 2.53. The monoisotopic (exact) mass is 292 g/mol. The maximum absolute atomic E-state index is 12.3. The lowest BCUT2D eigenvalue weighted by Gasteiger charge is -2.27. The van der Waals surface area contributed by atoms with Gasteiger partial charge in [0.2, 0.25) is 6.29 Å². The van der Waals surface area contributed by atoms with Crippen LogP contribution in [-0.2, 0) is 9.59 Å². The van der Waals surface area contributed by atoms with E-state index in [1.165, 1.54) is 11.0 Å². The highest BCUT2D eigenvalue weighted by atomic mass is 16.2. The third-order valence-corrected chi connectivity index (χ3v) is 3.38. The van der Waals surface area contributed by atoms with Gasteiger partial charge >= 0.3 is 0 Å². The molecule has 0 spiro atoms. The van der Waals surface area contributed by atoms with Crippen molar-refractivity contribution < 1.29 is 9.59 Å². The van der Waals surface area contributed by atoms with E-state index < -0.39 is 6.04 Å². The molecule has 1 amide bonds. The van der Waals surface area contributed by atoms with Gasteiger partial charge in [-0.15, -0.1) is 0 Å². The minimum atomic E-state index is -0.800.